The number of piperazine rings is 1. The molecule has 1 aromatic rings. The number of likely N-dealkylation sites (tertiary alicyclic amines) is 1. The minimum absolute atomic E-state index is 0.192. The van der Waals surface area contributed by atoms with Crippen LogP contribution in [-0.2, 0) is 17.6 Å². The summed E-state index contributed by atoms with van der Waals surface area (Å²) in [6.45, 7) is 6.61. The fourth-order valence-corrected chi connectivity index (χ4v) is 6.19. The van der Waals surface area contributed by atoms with E-state index in [1.165, 1.54) is 42.5 Å². The van der Waals surface area contributed by atoms with Crippen LogP contribution in [0.2, 0.25) is 0 Å². The molecule has 0 N–H and O–H groups in total. The standard InChI is InChI=1S/C23H35N3O2S/c1-18-8-6-7-11-26(18)22(27)17-24-12-14-25(15-13-24)23(28)21-16-19-9-4-2-3-5-10-20(19)29-21/h16,18H,2-15,17H2,1H3. The zero-order valence-corrected chi connectivity index (χ0v) is 18.6. The number of thiophene rings is 1. The van der Waals surface area contributed by atoms with Crippen LogP contribution < -0.4 is 0 Å². The molecule has 2 saturated heterocycles. The summed E-state index contributed by atoms with van der Waals surface area (Å²) in [5.41, 5.74) is 1.41. The molecular weight excluding hydrogens is 382 g/mol. The molecule has 160 valence electrons. The van der Waals surface area contributed by atoms with Gasteiger partial charge in [-0.3, -0.25) is 14.5 Å². The van der Waals surface area contributed by atoms with E-state index >= 15 is 0 Å². The fraction of sp³-hybridized carbons (Fsp3) is 0.739. The summed E-state index contributed by atoms with van der Waals surface area (Å²) in [6.07, 6.45) is 10.9. The summed E-state index contributed by atoms with van der Waals surface area (Å²) in [6, 6.07) is 2.54. The van der Waals surface area contributed by atoms with Gasteiger partial charge in [0.1, 0.15) is 0 Å². The van der Waals surface area contributed by atoms with Gasteiger partial charge in [0, 0.05) is 43.6 Å². The fourth-order valence-electron chi connectivity index (χ4n) is 4.97. The van der Waals surface area contributed by atoms with Crippen molar-refractivity contribution in [2.75, 3.05) is 39.3 Å². The second-order valence-electron chi connectivity index (χ2n) is 8.97. The second-order valence-corrected chi connectivity index (χ2v) is 10.1. The highest BCUT2D eigenvalue weighted by molar-refractivity contribution is 7.14. The van der Waals surface area contributed by atoms with Crippen LogP contribution in [0.5, 0.6) is 0 Å². The molecule has 0 bridgehead atoms. The summed E-state index contributed by atoms with van der Waals surface area (Å²) in [5.74, 6) is 0.451. The Bertz CT molecular complexity index is 698. The van der Waals surface area contributed by atoms with Crippen LogP contribution in [0.1, 0.15) is 72.0 Å². The summed E-state index contributed by atoms with van der Waals surface area (Å²) in [7, 11) is 0. The molecule has 5 nitrogen and oxygen atoms in total. The first-order valence-electron chi connectivity index (χ1n) is 11.5. The van der Waals surface area contributed by atoms with Crippen LogP contribution in [0.4, 0.5) is 0 Å². The number of nitrogens with zero attached hydrogens (tertiary/aromatic N) is 3. The molecule has 0 radical (unpaired) electrons. The third kappa shape index (κ3) is 5.02. The van der Waals surface area contributed by atoms with Crippen molar-refractivity contribution in [2.45, 2.75) is 70.8 Å². The molecule has 0 saturated carbocycles. The molecule has 2 aliphatic heterocycles. The van der Waals surface area contributed by atoms with Gasteiger partial charge in [0.05, 0.1) is 11.4 Å². The monoisotopic (exact) mass is 417 g/mol. The van der Waals surface area contributed by atoms with Crippen molar-refractivity contribution in [3.05, 3.63) is 21.4 Å². The van der Waals surface area contributed by atoms with Crippen molar-refractivity contribution in [3.63, 3.8) is 0 Å². The van der Waals surface area contributed by atoms with E-state index in [1.807, 2.05) is 4.90 Å². The first-order chi connectivity index (χ1) is 14.1. The van der Waals surface area contributed by atoms with Gasteiger partial charge in [-0.05, 0) is 63.5 Å². The lowest BCUT2D eigenvalue weighted by Crippen LogP contribution is -2.53. The van der Waals surface area contributed by atoms with E-state index in [2.05, 4.69) is 22.8 Å². The van der Waals surface area contributed by atoms with Crippen molar-refractivity contribution in [1.82, 2.24) is 14.7 Å². The van der Waals surface area contributed by atoms with Crippen molar-refractivity contribution in [1.29, 1.82) is 0 Å². The molecule has 4 rings (SSSR count). The molecule has 1 aromatic heterocycles. The van der Waals surface area contributed by atoms with E-state index in [0.29, 0.717) is 12.6 Å². The normalized spacial score (nSPS) is 24.0. The Hall–Kier alpha value is -1.40. The highest BCUT2D eigenvalue weighted by Gasteiger charge is 2.28. The Labute approximate surface area is 179 Å². The quantitative estimate of drug-likeness (QED) is 0.755. The first-order valence-corrected chi connectivity index (χ1v) is 12.4. The third-order valence-electron chi connectivity index (χ3n) is 6.85. The SMILES string of the molecule is CC1CCCCN1C(=O)CN1CCN(C(=O)c2cc3c(s2)CCCCCC3)CC1. The third-order valence-corrected chi connectivity index (χ3v) is 8.07. The molecule has 1 atom stereocenters. The van der Waals surface area contributed by atoms with Gasteiger partial charge in [-0.15, -0.1) is 11.3 Å². The Morgan fingerprint density at radius 1 is 0.966 bits per heavy atom. The van der Waals surface area contributed by atoms with Gasteiger partial charge < -0.3 is 9.80 Å². The maximum atomic E-state index is 13.1. The van der Waals surface area contributed by atoms with E-state index in [-0.39, 0.29) is 11.8 Å². The Morgan fingerprint density at radius 2 is 1.72 bits per heavy atom. The summed E-state index contributed by atoms with van der Waals surface area (Å²) < 4.78 is 0. The topological polar surface area (TPSA) is 43.9 Å². The average molecular weight is 418 g/mol. The highest BCUT2D eigenvalue weighted by atomic mass is 32.1. The van der Waals surface area contributed by atoms with Crippen LogP contribution in [0.25, 0.3) is 0 Å². The molecule has 2 fully saturated rings. The summed E-state index contributed by atoms with van der Waals surface area (Å²) in [4.78, 5) is 34.4. The predicted molar refractivity (Wildman–Crippen MR) is 118 cm³/mol. The number of carbonyl (C=O) groups excluding carboxylic acids is 2. The zero-order valence-electron chi connectivity index (χ0n) is 17.8. The van der Waals surface area contributed by atoms with Gasteiger partial charge >= 0.3 is 0 Å². The minimum atomic E-state index is 0.192. The zero-order chi connectivity index (χ0) is 20.2. The molecule has 6 heteroatoms. The van der Waals surface area contributed by atoms with E-state index < -0.39 is 0 Å². The van der Waals surface area contributed by atoms with Crippen molar-refractivity contribution in [2.24, 2.45) is 0 Å². The van der Waals surface area contributed by atoms with E-state index in [9.17, 15) is 9.59 Å². The molecule has 3 aliphatic rings. The lowest BCUT2D eigenvalue weighted by molar-refractivity contribution is -0.136. The van der Waals surface area contributed by atoms with Crippen LogP contribution in [0.15, 0.2) is 6.07 Å². The van der Waals surface area contributed by atoms with Gasteiger partial charge in [0.15, 0.2) is 0 Å². The van der Waals surface area contributed by atoms with Gasteiger partial charge in [0.25, 0.3) is 5.91 Å². The smallest absolute Gasteiger partial charge is 0.264 e. The van der Waals surface area contributed by atoms with Crippen LogP contribution in [0.3, 0.4) is 0 Å². The Kier molecular flexibility index (Phi) is 6.91. The lowest BCUT2D eigenvalue weighted by Gasteiger charge is -2.38. The summed E-state index contributed by atoms with van der Waals surface area (Å²) in [5, 5.41) is 0. The number of fused-ring (bicyclic) bond motifs is 1. The minimum Gasteiger partial charge on any atom is -0.339 e. The molecule has 1 unspecified atom stereocenters. The highest BCUT2D eigenvalue weighted by Crippen LogP contribution is 2.29. The largest absolute Gasteiger partial charge is 0.339 e. The molecule has 1 aliphatic carbocycles. The van der Waals surface area contributed by atoms with Gasteiger partial charge in [-0.1, -0.05) is 12.8 Å². The van der Waals surface area contributed by atoms with Gasteiger partial charge in [0.2, 0.25) is 5.91 Å². The number of amides is 2. The van der Waals surface area contributed by atoms with E-state index in [4.69, 9.17) is 0 Å². The molecular formula is C23H35N3O2S. The second kappa shape index (κ2) is 9.61. The van der Waals surface area contributed by atoms with Gasteiger partial charge in [-0.2, -0.15) is 0 Å². The van der Waals surface area contributed by atoms with Crippen molar-refractivity contribution >= 4 is 23.2 Å². The van der Waals surface area contributed by atoms with Crippen LogP contribution in [0, 0.1) is 0 Å². The van der Waals surface area contributed by atoms with Gasteiger partial charge in [-0.25, -0.2) is 0 Å². The number of hydrogen-bond acceptors (Lipinski definition) is 4. The maximum Gasteiger partial charge on any atom is 0.264 e. The van der Waals surface area contributed by atoms with Crippen LogP contribution >= 0.6 is 11.3 Å². The van der Waals surface area contributed by atoms with E-state index in [0.717, 1.165) is 63.3 Å². The lowest BCUT2D eigenvalue weighted by atomic mass is 10.00. The van der Waals surface area contributed by atoms with E-state index in [1.54, 1.807) is 11.3 Å². The number of piperidine rings is 1. The summed E-state index contributed by atoms with van der Waals surface area (Å²) >= 11 is 1.72. The number of carbonyl (C=O) groups is 2. The van der Waals surface area contributed by atoms with Crippen molar-refractivity contribution in [3.8, 4) is 0 Å². The Balaban J connectivity index is 1.29. The van der Waals surface area contributed by atoms with Crippen molar-refractivity contribution < 1.29 is 9.59 Å². The molecule has 29 heavy (non-hydrogen) atoms. The first kappa shape index (κ1) is 20.9. The predicted octanol–water partition coefficient (Wildman–Crippen LogP) is 3.57. The number of aryl methyl sites for hydroxylation is 2. The molecule has 0 aromatic carbocycles. The molecule has 0 spiro atoms. The van der Waals surface area contributed by atoms with Crippen LogP contribution in [-0.4, -0.2) is 71.8 Å². The molecule has 3 heterocycles. The average Bonchev–Trinajstić information content (AvgIpc) is 3.10. The number of hydrogen-bond donors (Lipinski definition) is 0. The Morgan fingerprint density at radius 3 is 2.48 bits per heavy atom. The number of rotatable bonds is 3. The maximum absolute atomic E-state index is 13.1. The molecule has 2 amide bonds.